The molecule has 8 nitrogen and oxygen atoms in total. The number of halogens is 1. The summed E-state index contributed by atoms with van der Waals surface area (Å²) in [5, 5.41) is 24.2. The highest BCUT2D eigenvalue weighted by Gasteiger charge is 2.16. The predicted octanol–water partition coefficient (Wildman–Crippen LogP) is 2.50. The van der Waals surface area contributed by atoms with Crippen molar-refractivity contribution in [3.05, 3.63) is 37.8 Å². The van der Waals surface area contributed by atoms with E-state index in [-0.39, 0.29) is 10.7 Å². The molecular weight excluding hydrogens is 350 g/mol. The van der Waals surface area contributed by atoms with E-state index in [0.29, 0.717) is 15.3 Å². The summed E-state index contributed by atoms with van der Waals surface area (Å²) in [5.41, 5.74) is 0.182. The molecule has 0 saturated carbocycles. The lowest BCUT2D eigenvalue weighted by Gasteiger charge is -2.03. The van der Waals surface area contributed by atoms with Crippen molar-refractivity contribution in [3.63, 3.8) is 0 Å². The van der Waals surface area contributed by atoms with E-state index < -0.39 is 10.8 Å². The van der Waals surface area contributed by atoms with E-state index in [4.69, 9.17) is 0 Å². The van der Waals surface area contributed by atoms with E-state index in [1.165, 1.54) is 12.1 Å². The first-order chi connectivity index (χ1) is 9.51. The van der Waals surface area contributed by atoms with Gasteiger partial charge in [0.2, 0.25) is 10.1 Å². The monoisotopic (exact) mass is 357 g/mol. The topological polar surface area (TPSA) is 110 Å². The number of nitrogens with one attached hydrogen (secondary N) is 2. The summed E-state index contributed by atoms with van der Waals surface area (Å²) in [6, 6.07) is 4.31. The van der Waals surface area contributed by atoms with E-state index >= 15 is 0 Å². The van der Waals surface area contributed by atoms with E-state index in [9.17, 15) is 14.9 Å². The van der Waals surface area contributed by atoms with Crippen LogP contribution in [-0.4, -0.2) is 28.1 Å². The molecule has 2 N–H and O–H groups in total. The molecule has 0 saturated heterocycles. The van der Waals surface area contributed by atoms with Crippen LogP contribution in [0.1, 0.15) is 9.80 Å². The second-order valence-electron chi connectivity index (χ2n) is 3.54. The fraction of sp³-hybridized carbons (Fsp3) is 0.100. The minimum Gasteiger partial charge on any atom is -0.363 e. The zero-order valence-electron chi connectivity index (χ0n) is 10.1. The SMILES string of the molecule is CNc1nnc(C(=O)Nc2ccc(Br)c([N+](=O)[O-])c2)s1. The molecular formula is C10H8BrN5O3S. The number of amides is 1. The molecule has 0 radical (unpaired) electrons. The molecule has 1 aromatic carbocycles. The molecule has 0 spiro atoms. The Balaban J connectivity index is 2.19. The Morgan fingerprint density at radius 3 is 2.80 bits per heavy atom. The summed E-state index contributed by atoms with van der Waals surface area (Å²) in [6.07, 6.45) is 0. The molecule has 0 fully saturated rings. The van der Waals surface area contributed by atoms with Crippen LogP contribution in [0.2, 0.25) is 0 Å². The molecule has 2 aromatic rings. The van der Waals surface area contributed by atoms with Gasteiger partial charge in [0.25, 0.3) is 11.6 Å². The molecule has 0 aliphatic rings. The van der Waals surface area contributed by atoms with Gasteiger partial charge in [-0.25, -0.2) is 0 Å². The molecule has 0 atom stereocenters. The Bertz CT molecular complexity index is 675. The van der Waals surface area contributed by atoms with E-state index in [1.807, 2.05) is 0 Å². The van der Waals surface area contributed by atoms with Gasteiger partial charge in [-0.3, -0.25) is 14.9 Å². The second-order valence-corrected chi connectivity index (χ2v) is 5.37. The highest BCUT2D eigenvalue weighted by Crippen LogP contribution is 2.28. The van der Waals surface area contributed by atoms with Crippen LogP contribution >= 0.6 is 27.3 Å². The summed E-state index contributed by atoms with van der Waals surface area (Å²) in [6.45, 7) is 0. The number of hydrogen-bond donors (Lipinski definition) is 2. The molecule has 10 heteroatoms. The van der Waals surface area contributed by atoms with Gasteiger partial charge in [-0.15, -0.1) is 10.2 Å². The van der Waals surface area contributed by atoms with Crippen LogP contribution in [0.3, 0.4) is 0 Å². The van der Waals surface area contributed by atoms with E-state index in [0.717, 1.165) is 11.3 Å². The third-order valence-corrected chi connectivity index (χ3v) is 3.84. The highest BCUT2D eigenvalue weighted by molar-refractivity contribution is 9.10. The van der Waals surface area contributed by atoms with Crippen LogP contribution < -0.4 is 10.6 Å². The Morgan fingerprint density at radius 1 is 1.45 bits per heavy atom. The maximum atomic E-state index is 11.9. The molecule has 20 heavy (non-hydrogen) atoms. The Morgan fingerprint density at radius 2 is 2.20 bits per heavy atom. The maximum absolute atomic E-state index is 11.9. The number of carbonyl (C=O) groups excluding carboxylic acids is 1. The molecule has 1 heterocycles. The quantitative estimate of drug-likeness (QED) is 0.642. The fourth-order valence-electron chi connectivity index (χ4n) is 1.33. The standard InChI is InChI=1S/C10H8BrN5O3S/c1-12-10-15-14-9(20-10)8(17)13-5-2-3-6(11)7(4-5)16(18)19/h2-4H,1H3,(H,12,15)(H,13,17). The number of nitro groups is 1. The first-order valence-electron chi connectivity index (χ1n) is 5.28. The maximum Gasteiger partial charge on any atom is 0.286 e. The van der Waals surface area contributed by atoms with Gasteiger partial charge in [0, 0.05) is 18.8 Å². The van der Waals surface area contributed by atoms with Crippen molar-refractivity contribution in [2.24, 2.45) is 0 Å². The average molecular weight is 358 g/mol. The molecule has 0 unspecified atom stereocenters. The normalized spacial score (nSPS) is 10.1. The number of carbonyl (C=O) groups is 1. The second kappa shape index (κ2) is 5.92. The highest BCUT2D eigenvalue weighted by atomic mass is 79.9. The Hall–Kier alpha value is -2.07. The summed E-state index contributed by atoms with van der Waals surface area (Å²) in [4.78, 5) is 22.2. The summed E-state index contributed by atoms with van der Waals surface area (Å²) >= 11 is 4.16. The van der Waals surface area contributed by atoms with Crippen LogP contribution in [-0.2, 0) is 0 Å². The minimum atomic E-state index is -0.538. The van der Waals surface area contributed by atoms with Crippen molar-refractivity contribution in [1.82, 2.24) is 10.2 Å². The van der Waals surface area contributed by atoms with Gasteiger partial charge in [-0.1, -0.05) is 11.3 Å². The molecule has 0 aliphatic carbocycles. The van der Waals surface area contributed by atoms with Crippen molar-refractivity contribution in [1.29, 1.82) is 0 Å². The molecule has 2 rings (SSSR count). The molecule has 0 bridgehead atoms. The minimum absolute atomic E-state index is 0.129. The number of anilines is 2. The van der Waals surface area contributed by atoms with Gasteiger partial charge >= 0.3 is 0 Å². The van der Waals surface area contributed by atoms with Crippen LogP contribution in [0.15, 0.2) is 22.7 Å². The predicted molar refractivity (Wildman–Crippen MR) is 78.2 cm³/mol. The van der Waals surface area contributed by atoms with Crippen LogP contribution in [0.5, 0.6) is 0 Å². The van der Waals surface area contributed by atoms with Crippen LogP contribution in [0.4, 0.5) is 16.5 Å². The molecule has 0 aliphatic heterocycles. The fourth-order valence-corrected chi connectivity index (χ4v) is 2.31. The third kappa shape index (κ3) is 3.08. The van der Waals surface area contributed by atoms with Crippen molar-refractivity contribution >= 4 is 49.7 Å². The van der Waals surface area contributed by atoms with Crippen molar-refractivity contribution < 1.29 is 9.72 Å². The van der Waals surface area contributed by atoms with E-state index in [2.05, 4.69) is 36.8 Å². The Labute approximate surface area is 125 Å². The summed E-state index contributed by atoms with van der Waals surface area (Å²) in [5.74, 6) is -0.472. The first-order valence-corrected chi connectivity index (χ1v) is 6.88. The lowest BCUT2D eigenvalue weighted by Crippen LogP contribution is -2.11. The number of nitro benzene ring substituents is 1. The van der Waals surface area contributed by atoms with Crippen LogP contribution in [0, 0.1) is 10.1 Å². The van der Waals surface area contributed by atoms with Crippen molar-refractivity contribution in [3.8, 4) is 0 Å². The van der Waals surface area contributed by atoms with Gasteiger partial charge in [0.15, 0.2) is 0 Å². The number of hydrogen-bond acceptors (Lipinski definition) is 7. The smallest absolute Gasteiger partial charge is 0.286 e. The average Bonchev–Trinajstić information content (AvgIpc) is 2.89. The van der Waals surface area contributed by atoms with Gasteiger partial charge in [0.1, 0.15) is 0 Å². The lowest BCUT2D eigenvalue weighted by molar-refractivity contribution is -0.385. The van der Waals surface area contributed by atoms with Crippen molar-refractivity contribution in [2.45, 2.75) is 0 Å². The number of nitrogens with zero attached hydrogens (tertiary/aromatic N) is 3. The number of aromatic nitrogens is 2. The molecule has 1 amide bonds. The zero-order chi connectivity index (χ0) is 14.7. The van der Waals surface area contributed by atoms with Gasteiger partial charge in [-0.05, 0) is 28.1 Å². The van der Waals surface area contributed by atoms with Crippen LogP contribution in [0.25, 0.3) is 0 Å². The third-order valence-electron chi connectivity index (χ3n) is 2.23. The van der Waals surface area contributed by atoms with E-state index in [1.54, 1.807) is 13.1 Å². The van der Waals surface area contributed by atoms with Gasteiger partial charge in [0.05, 0.1) is 9.40 Å². The Kier molecular flexibility index (Phi) is 4.25. The molecule has 1 aromatic heterocycles. The summed E-state index contributed by atoms with van der Waals surface area (Å²) < 4.78 is 0.342. The zero-order valence-corrected chi connectivity index (χ0v) is 12.5. The summed E-state index contributed by atoms with van der Waals surface area (Å²) in [7, 11) is 1.67. The van der Waals surface area contributed by atoms with Crippen molar-refractivity contribution in [2.75, 3.05) is 17.7 Å². The number of benzene rings is 1. The van der Waals surface area contributed by atoms with Gasteiger partial charge < -0.3 is 10.6 Å². The largest absolute Gasteiger partial charge is 0.363 e. The van der Waals surface area contributed by atoms with Gasteiger partial charge in [-0.2, -0.15) is 0 Å². The molecule has 104 valence electrons. The lowest BCUT2D eigenvalue weighted by atomic mass is 10.3. The number of rotatable bonds is 4. The first kappa shape index (κ1) is 14.3.